The van der Waals surface area contributed by atoms with E-state index in [0.717, 1.165) is 53.9 Å². The number of carbonyl (C=O) groups excluding carboxylic acids is 1. The molecule has 1 aromatic heterocycles. The molecule has 1 aromatic carbocycles. The summed E-state index contributed by atoms with van der Waals surface area (Å²) in [6, 6.07) is 10.6. The molecule has 0 atom stereocenters. The molecule has 0 bridgehead atoms. The number of amides is 1. The van der Waals surface area contributed by atoms with Crippen LogP contribution in [0, 0.1) is 5.92 Å². The van der Waals surface area contributed by atoms with Crippen molar-refractivity contribution in [3.8, 4) is 16.9 Å². The molecule has 1 fully saturated rings. The highest BCUT2D eigenvalue weighted by atomic mass is 16.5. The minimum atomic E-state index is 0.108. The fraction of sp³-hybridized carbons (Fsp3) is 0.478. The molecule has 1 saturated carbocycles. The Kier molecular flexibility index (Phi) is 7.47. The molecule has 6 heteroatoms. The van der Waals surface area contributed by atoms with Crippen LogP contribution in [0.1, 0.15) is 38.2 Å². The van der Waals surface area contributed by atoms with Crippen molar-refractivity contribution in [2.75, 3.05) is 26.0 Å². The lowest BCUT2D eigenvalue weighted by molar-refractivity contribution is -0.126. The van der Waals surface area contributed by atoms with Crippen LogP contribution in [0.3, 0.4) is 0 Å². The molecule has 1 aliphatic rings. The van der Waals surface area contributed by atoms with Gasteiger partial charge < -0.3 is 20.7 Å². The number of aromatic nitrogens is 1. The Bertz CT molecular complexity index is 799. The van der Waals surface area contributed by atoms with E-state index < -0.39 is 0 Å². The van der Waals surface area contributed by atoms with Gasteiger partial charge in [0.05, 0.1) is 6.61 Å². The van der Waals surface area contributed by atoms with E-state index in [-0.39, 0.29) is 11.8 Å². The first-order valence-corrected chi connectivity index (χ1v) is 10.5. The smallest absolute Gasteiger partial charge is 0.223 e. The highest BCUT2D eigenvalue weighted by Gasteiger charge is 2.25. The van der Waals surface area contributed by atoms with E-state index in [4.69, 9.17) is 4.74 Å². The van der Waals surface area contributed by atoms with Crippen molar-refractivity contribution in [1.29, 1.82) is 0 Å². The Morgan fingerprint density at radius 3 is 2.48 bits per heavy atom. The van der Waals surface area contributed by atoms with Crippen LogP contribution in [0.15, 0.2) is 36.5 Å². The number of hydrogen-bond acceptors (Lipinski definition) is 5. The molecule has 29 heavy (non-hydrogen) atoms. The lowest BCUT2D eigenvalue weighted by Crippen LogP contribution is -2.37. The summed E-state index contributed by atoms with van der Waals surface area (Å²) >= 11 is 0. The first-order valence-electron chi connectivity index (χ1n) is 10.5. The van der Waals surface area contributed by atoms with Crippen LogP contribution in [0.25, 0.3) is 11.1 Å². The SMILES string of the molecule is CCOc1ccc(-c2ccc(NC)nc2)cc1CNC(=O)C1CCC(NC)CC1. The number of benzene rings is 1. The van der Waals surface area contributed by atoms with E-state index >= 15 is 0 Å². The molecule has 3 N–H and O–H groups in total. The van der Waals surface area contributed by atoms with Crippen molar-refractivity contribution in [2.45, 2.75) is 45.2 Å². The normalized spacial score (nSPS) is 18.9. The summed E-state index contributed by atoms with van der Waals surface area (Å²) in [6.45, 7) is 3.03. The first-order chi connectivity index (χ1) is 14.1. The molecule has 1 amide bonds. The Balaban J connectivity index is 1.70. The van der Waals surface area contributed by atoms with Gasteiger partial charge in [0.1, 0.15) is 11.6 Å². The van der Waals surface area contributed by atoms with E-state index in [2.05, 4.69) is 27.0 Å². The van der Waals surface area contributed by atoms with Gasteiger partial charge in [-0.05, 0) is 69.5 Å². The van der Waals surface area contributed by atoms with Crippen molar-refractivity contribution in [3.05, 3.63) is 42.1 Å². The Morgan fingerprint density at radius 1 is 1.10 bits per heavy atom. The minimum Gasteiger partial charge on any atom is -0.494 e. The summed E-state index contributed by atoms with van der Waals surface area (Å²) in [4.78, 5) is 17.1. The van der Waals surface area contributed by atoms with E-state index in [1.807, 2.05) is 51.5 Å². The number of anilines is 1. The van der Waals surface area contributed by atoms with E-state index in [1.165, 1.54) is 0 Å². The maximum Gasteiger partial charge on any atom is 0.223 e. The van der Waals surface area contributed by atoms with Crippen LogP contribution >= 0.6 is 0 Å². The molecule has 2 aromatic rings. The van der Waals surface area contributed by atoms with Gasteiger partial charge >= 0.3 is 0 Å². The van der Waals surface area contributed by atoms with Gasteiger partial charge in [-0.3, -0.25) is 4.79 Å². The number of rotatable bonds is 8. The highest BCUT2D eigenvalue weighted by Crippen LogP contribution is 2.28. The zero-order valence-corrected chi connectivity index (χ0v) is 17.6. The number of ether oxygens (including phenoxy) is 1. The highest BCUT2D eigenvalue weighted by molar-refractivity contribution is 5.79. The van der Waals surface area contributed by atoms with Crippen LogP contribution in [0.5, 0.6) is 5.75 Å². The maximum absolute atomic E-state index is 12.7. The van der Waals surface area contributed by atoms with Crippen LogP contribution in [-0.4, -0.2) is 37.6 Å². The molecule has 0 aliphatic heterocycles. The summed E-state index contributed by atoms with van der Waals surface area (Å²) in [7, 11) is 3.85. The summed E-state index contributed by atoms with van der Waals surface area (Å²) in [5.74, 6) is 1.90. The predicted octanol–water partition coefficient (Wildman–Crippen LogP) is 3.58. The molecule has 6 nitrogen and oxygen atoms in total. The number of nitrogens with one attached hydrogen (secondary N) is 3. The summed E-state index contributed by atoms with van der Waals surface area (Å²) in [5.41, 5.74) is 3.08. The van der Waals surface area contributed by atoms with E-state index in [1.54, 1.807) is 0 Å². The molecular weight excluding hydrogens is 364 g/mol. The van der Waals surface area contributed by atoms with Crippen LogP contribution in [0.4, 0.5) is 5.82 Å². The largest absolute Gasteiger partial charge is 0.494 e. The zero-order valence-electron chi connectivity index (χ0n) is 17.6. The van der Waals surface area contributed by atoms with Gasteiger partial charge in [0.2, 0.25) is 5.91 Å². The Labute approximate surface area is 173 Å². The second-order valence-electron chi connectivity index (χ2n) is 7.49. The fourth-order valence-electron chi connectivity index (χ4n) is 3.88. The molecule has 0 unspecified atom stereocenters. The number of carbonyl (C=O) groups is 1. The Hall–Kier alpha value is -2.60. The molecule has 0 spiro atoms. The molecule has 3 rings (SSSR count). The van der Waals surface area contributed by atoms with Gasteiger partial charge in [0, 0.05) is 42.9 Å². The standard InChI is InChI=1S/C23H32N4O2/c1-4-29-21-11-7-17(18-8-12-22(25-3)26-14-18)13-19(21)15-27-23(28)16-5-9-20(24-2)10-6-16/h7-8,11-14,16,20,24H,4-6,9-10,15H2,1-3H3,(H,25,26)(H,27,28). The quantitative estimate of drug-likeness (QED) is 0.636. The third kappa shape index (κ3) is 5.48. The van der Waals surface area contributed by atoms with Gasteiger partial charge in [-0.2, -0.15) is 0 Å². The van der Waals surface area contributed by atoms with Crippen LogP contribution < -0.4 is 20.7 Å². The Morgan fingerprint density at radius 2 is 1.86 bits per heavy atom. The average Bonchev–Trinajstić information content (AvgIpc) is 2.78. The third-order valence-corrected chi connectivity index (χ3v) is 5.67. The van der Waals surface area contributed by atoms with Crippen LogP contribution in [-0.2, 0) is 11.3 Å². The van der Waals surface area contributed by atoms with Gasteiger partial charge in [-0.25, -0.2) is 4.98 Å². The maximum atomic E-state index is 12.7. The molecule has 1 aliphatic carbocycles. The van der Waals surface area contributed by atoms with Crippen molar-refractivity contribution < 1.29 is 9.53 Å². The molecule has 1 heterocycles. The predicted molar refractivity (Wildman–Crippen MR) is 117 cm³/mol. The first kappa shape index (κ1) is 21.1. The lowest BCUT2D eigenvalue weighted by Gasteiger charge is -2.27. The van der Waals surface area contributed by atoms with Gasteiger partial charge in [0.15, 0.2) is 0 Å². The lowest BCUT2D eigenvalue weighted by atomic mass is 9.85. The van der Waals surface area contributed by atoms with E-state index in [0.29, 0.717) is 19.2 Å². The summed E-state index contributed by atoms with van der Waals surface area (Å²) in [6.07, 6.45) is 5.86. The number of pyridine rings is 1. The molecule has 0 saturated heterocycles. The minimum absolute atomic E-state index is 0.108. The summed E-state index contributed by atoms with van der Waals surface area (Å²) in [5, 5.41) is 9.48. The molecule has 0 radical (unpaired) electrons. The van der Waals surface area contributed by atoms with Crippen LogP contribution in [0.2, 0.25) is 0 Å². The van der Waals surface area contributed by atoms with E-state index in [9.17, 15) is 4.79 Å². The van der Waals surface area contributed by atoms with Crippen molar-refractivity contribution in [2.24, 2.45) is 5.92 Å². The van der Waals surface area contributed by atoms with Gasteiger partial charge in [-0.1, -0.05) is 6.07 Å². The monoisotopic (exact) mass is 396 g/mol. The second kappa shape index (κ2) is 10.3. The molecular formula is C23H32N4O2. The molecule has 156 valence electrons. The van der Waals surface area contributed by atoms with Crippen molar-refractivity contribution in [1.82, 2.24) is 15.6 Å². The van der Waals surface area contributed by atoms with Crippen molar-refractivity contribution >= 4 is 11.7 Å². The average molecular weight is 397 g/mol. The van der Waals surface area contributed by atoms with Crippen molar-refractivity contribution in [3.63, 3.8) is 0 Å². The zero-order chi connectivity index (χ0) is 20.6. The van der Waals surface area contributed by atoms with Gasteiger partial charge in [0.25, 0.3) is 0 Å². The number of hydrogen-bond donors (Lipinski definition) is 3. The summed E-state index contributed by atoms with van der Waals surface area (Å²) < 4.78 is 5.79. The number of nitrogens with zero attached hydrogens (tertiary/aromatic N) is 1. The topological polar surface area (TPSA) is 75.3 Å². The van der Waals surface area contributed by atoms with Gasteiger partial charge in [-0.15, -0.1) is 0 Å². The second-order valence-corrected chi connectivity index (χ2v) is 7.49. The third-order valence-electron chi connectivity index (χ3n) is 5.67. The fourth-order valence-corrected chi connectivity index (χ4v) is 3.88.